The number of hydrogen-bond acceptors (Lipinski definition) is 2. The van der Waals surface area contributed by atoms with Gasteiger partial charge in [-0.2, -0.15) is 0 Å². The Labute approximate surface area is 120 Å². The first-order valence-electron chi connectivity index (χ1n) is 6.75. The molecule has 0 aliphatic heterocycles. The van der Waals surface area contributed by atoms with Crippen LogP contribution in [0.5, 0.6) is 5.75 Å². The number of halogens is 1. The van der Waals surface area contributed by atoms with E-state index in [9.17, 15) is 4.79 Å². The molecule has 0 radical (unpaired) electrons. The zero-order valence-electron chi connectivity index (χ0n) is 11.9. The lowest BCUT2D eigenvalue weighted by Crippen LogP contribution is -2.36. The molecule has 0 aliphatic rings. The molecule has 106 valence electrons. The van der Waals surface area contributed by atoms with Crippen molar-refractivity contribution in [3.05, 3.63) is 28.8 Å². The largest absolute Gasteiger partial charge is 0.483 e. The maximum absolute atomic E-state index is 12.0. The minimum atomic E-state index is 0.0399. The number of benzene rings is 1. The molecule has 3 nitrogen and oxygen atoms in total. The molecule has 1 rings (SSSR count). The second kappa shape index (κ2) is 8.05. The first-order chi connectivity index (χ1) is 9.08. The highest BCUT2D eigenvalue weighted by Crippen LogP contribution is 2.21. The Kier molecular flexibility index (Phi) is 6.71. The van der Waals surface area contributed by atoms with Crippen LogP contribution in [0, 0.1) is 6.92 Å². The molecule has 0 heterocycles. The van der Waals surface area contributed by atoms with E-state index in [0.717, 1.165) is 31.5 Å². The van der Waals surface area contributed by atoms with E-state index in [1.807, 2.05) is 17.9 Å². The van der Waals surface area contributed by atoms with Gasteiger partial charge >= 0.3 is 0 Å². The summed E-state index contributed by atoms with van der Waals surface area (Å²) in [5.74, 6) is 0.753. The van der Waals surface area contributed by atoms with Crippen molar-refractivity contribution >= 4 is 17.5 Å². The number of carbonyl (C=O) groups excluding carboxylic acids is 1. The summed E-state index contributed by atoms with van der Waals surface area (Å²) in [5, 5.41) is 0.676. The summed E-state index contributed by atoms with van der Waals surface area (Å²) in [7, 11) is 0. The normalized spacial score (nSPS) is 10.3. The van der Waals surface area contributed by atoms with Gasteiger partial charge in [-0.3, -0.25) is 4.79 Å². The predicted molar refractivity (Wildman–Crippen MR) is 78.8 cm³/mol. The van der Waals surface area contributed by atoms with Crippen LogP contribution in [0.15, 0.2) is 18.2 Å². The van der Waals surface area contributed by atoms with Crippen molar-refractivity contribution in [1.29, 1.82) is 0 Å². The van der Waals surface area contributed by atoms with E-state index in [4.69, 9.17) is 16.3 Å². The van der Waals surface area contributed by atoms with Crippen molar-refractivity contribution in [3.8, 4) is 5.75 Å². The van der Waals surface area contributed by atoms with Crippen LogP contribution in [0.25, 0.3) is 0 Å². The summed E-state index contributed by atoms with van der Waals surface area (Å²) >= 11 is 5.88. The van der Waals surface area contributed by atoms with Gasteiger partial charge in [0.25, 0.3) is 5.91 Å². The Balaban J connectivity index is 2.56. The third kappa shape index (κ3) is 5.11. The SMILES string of the molecule is CCCN(CCC)C(=O)COc1ccc(Cl)cc1C. The number of ether oxygens (including phenoxy) is 1. The van der Waals surface area contributed by atoms with Crippen LogP contribution in [0.2, 0.25) is 5.02 Å². The minimum absolute atomic E-state index is 0.0399. The second-order valence-corrected chi connectivity index (χ2v) is 5.02. The molecule has 0 atom stereocenters. The van der Waals surface area contributed by atoms with Gasteiger partial charge in [0, 0.05) is 18.1 Å². The van der Waals surface area contributed by atoms with Crippen LogP contribution in [0.1, 0.15) is 32.3 Å². The maximum Gasteiger partial charge on any atom is 0.260 e. The van der Waals surface area contributed by atoms with Gasteiger partial charge in [-0.15, -0.1) is 0 Å². The minimum Gasteiger partial charge on any atom is -0.483 e. The Bertz CT molecular complexity index is 415. The average molecular weight is 284 g/mol. The summed E-state index contributed by atoms with van der Waals surface area (Å²) in [6, 6.07) is 5.40. The van der Waals surface area contributed by atoms with E-state index >= 15 is 0 Å². The van der Waals surface area contributed by atoms with Crippen molar-refractivity contribution in [3.63, 3.8) is 0 Å². The van der Waals surface area contributed by atoms with Crippen LogP contribution in [-0.2, 0) is 4.79 Å². The molecule has 0 bridgehead atoms. The van der Waals surface area contributed by atoms with Crippen LogP contribution in [-0.4, -0.2) is 30.5 Å². The zero-order chi connectivity index (χ0) is 14.3. The fraction of sp³-hybridized carbons (Fsp3) is 0.533. The number of aryl methyl sites for hydroxylation is 1. The van der Waals surface area contributed by atoms with Gasteiger partial charge < -0.3 is 9.64 Å². The number of nitrogens with zero attached hydrogens (tertiary/aromatic N) is 1. The molecule has 1 amide bonds. The zero-order valence-corrected chi connectivity index (χ0v) is 12.7. The second-order valence-electron chi connectivity index (χ2n) is 4.58. The topological polar surface area (TPSA) is 29.5 Å². The van der Waals surface area contributed by atoms with Crippen molar-refractivity contribution in [2.45, 2.75) is 33.6 Å². The molecule has 0 spiro atoms. The van der Waals surface area contributed by atoms with Gasteiger partial charge in [0.15, 0.2) is 6.61 Å². The van der Waals surface area contributed by atoms with Crippen LogP contribution < -0.4 is 4.74 Å². The highest BCUT2D eigenvalue weighted by Gasteiger charge is 2.12. The Morgan fingerprint density at radius 1 is 1.26 bits per heavy atom. The monoisotopic (exact) mass is 283 g/mol. The number of hydrogen-bond donors (Lipinski definition) is 0. The molecular formula is C15H22ClNO2. The summed E-state index contributed by atoms with van der Waals surface area (Å²) in [6.07, 6.45) is 1.93. The number of carbonyl (C=O) groups is 1. The van der Waals surface area contributed by atoms with Crippen LogP contribution in [0.3, 0.4) is 0 Å². The van der Waals surface area contributed by atoms with Crippen molar-refractivity contribution in [1.82, 2.24) is 4.90 Å². The molecule has 0 unspecified atom stereocenters. The van der Waals surface area contributed by atoms with E-state index in [0.29, 0.717) is 10.8 Å². The maximum atomic E-state index is 12.0. The van der Waals surface area contributed by atoms with E-state index < -0.39 is 0 Å². The van der Waals surface area contributed by atoms with Gasteiger partial charge in [0.05, 0.1) is 0 Å². The average Bonchev–Trinajstić information content (AvgIpc) is 2.37. The fourth-order valence-electron chi connectivity index (χ4n) is 1.91. The summed E-state index contributed by atoms with van der Waals surface area (Å²) < 4.78 is 5.58. The molecule has 1 aromatic carbocycles. The lowest BCUT2D eigenvalue weighted by atomic mass is 10.2. The molecule has 0 aromatic heterocycles. The van der Waals surface area contributed by atoms with E-state index in [1.54, 1.807) is 12.1 Å². The Hall–Kier alpha value is -1.22. The van der Waals surface area contributed by atoms with E-state index in [2.05, 4.69) is 13.8 Å². The molecule has 1 aromatic rings. The number of rotatable bonds is 7. The Morgan fingerprint density at radius 3 is 2.42 bits per heavy atom. The summed E-state index contributed by atoms with van der Waals surface area (Å²) in [4.78, 5) is 13.9. The third-order valence-electron chi connectivity index (χ3n) is 2.83. The molecule has 0 aliphatic carbocycles. The van der Waals surface area contributed by atoms with Gasteiger partial charge in [-0.1, -0.05) is 25.4 Å². The third-order valence-corrected chi connectivity index (χ3v) is 3.06. The fourth-order valence-corrected chi connectivity index (χ4v) is 2.13. The molecule has 4 heteroatoms. The predicted octanol–water partition coefficient (Wildman–Crippen LogP) is 3.68. The summed E-state index contributed by atoms with van der Waals surface area (Å²) in [5.41, 5.74) is 0.942. The van der Waals surface area contributed by atoms with Crippen LogP contribution in [0.4, 0.5) is 0 Å². The molecule has 0 saturated heterocycles. The lowest BCUT2D eigenvalue weighted by molar-refractivity contribution is -0.133. The van der Waals surface area contributed by atoms with E-state index in [-0.39, 0.29) is 12.5 Å². The molecule has 19 heavy (non-hydrogen) atoms. The van der Waals surface area contributed by atoms with Gasteiger partial charge in [-0.25, -0.2) is 0 Å². The molecular weight excluding hydrogens is 262 g/mol. The first-order valence-corrected chi connectivity index (χ1v) is 7.13. The lowest BCUT2D eigenvalue weighted by Gasteiger charge is -2.21. The smallest absolute Gasteiger partial charge is 0.260 e. The summed E-state index contributed by atoms with van der Waals surface area (Å²) in [6.45, 7) is 7.72. The van der Waals surface area contributed by atoms with Crippen molar-refractivity contribution in [2.75, 3.05) is 19.7 Å². The van der Waals surface area contributed by atoms with Crippen molar-refractivity contribution < 1.29 is 9.53 Å². The highest BCUT2D eigenvalue weighted by atomic mass is 35.5. The number of amides is 1. The van der Waals surface area contributed by atoms with E-state index in [1.165, 1.54) is 0 Å². The van der Waals surface area contributed by atoms with Gasteiger partial charge in [0.2, 0.25) is 0 Å². The first kappa shape index (κ1) is 15.8. The standard InChI is InChI=1S/C15H22ClNO2/c1-4-8-17(9-5-2)15(18)11-19-14-7-6-13(16)10-12(14)3/h6-7,10H,4-5,8-9,11H2,1-3H3. The van der Waals surface area contributed by atoms with Gasteiger partial charge in [-0.05, 0) is 43.5 Å². The quantitative estimate of drug-likeness (QED) is 0.764. The molecule has 0 fully saturated rings. The molecule has 0 saturated carbocycles. The Morgan fingerprint density at radius 2 is 1.89 bits per heavy atom. The van der Waals surface area contributed by atoms with Gasteiger partial charge in [0.1, 0.15) is 5.75 Å². The van der Waals surface area contributed by atoms with Crippen molar-refractivity contribution in [2.24, 2.45) is 0 Å². The highest BCUT2D eigenvalue weighted by molar-refractivity contribution is 6.30. The molecule has 0 N–H and O–H groups in total. The van der Waals surface area contributed by atoms with Crippen LogP contribution >= 0.6 is 11.6 Å².